The molecule has 0 radical (unpaired) electrons. The maximum atomic E-state index is 3.80. The minimum absolute atomic E-state index is 0.778. The summed E-state index contributed by atoms with van der Waals surface area (Å²) in [7, 11) is 0. The third-order valence-corrected chi connectivity index (χ3v) is 3.95. The van der Waals surface area contributed by atoms with E-state index in [0.717, 1.165) is 11.8 Å². The SMILES string of the molecule is C=CC(CCC)CCC.CCC1CCCCC1. The van der Waals surface area contributed by atoms with Gasteiger partial charge in [0, 0.05) is 0 Å². The van der Waals surface area contributed by atoms with E-state index in [4.69, 9.17) is 0 Å². The standard InChI is InChI=1S/C9H18.C8H16/c1-4-7-9(6-3)8-5-2;1-2-8-6-4-3-5-7-8/h6,9H,3-5,7-8H2,1-2H3;8H,2-7H2,1H3. The smallest absolute Gasteiger partial charge is 0.0236 e. The Morgan fingerprint density at radius 3 is 1.82 bits per heavy atom. The first kappa shape index (κ1) is 16.7. The molecule has 0 aromatic carbocycles. The quantitative estimate of drug-likeness (QED) is 0.472. The van der Waals surface area contributed by atoms with Gasteiger partial charge in [0.25, 0.3) is 0 Å². The van der Waals surface area contributed by atoms with E-state index in [-0.39, 0.29) is 0 Å². The van der Waals surface area contributed by atoms with Crippen LogP contribution in [-0.4, -0.2) is 0 Å². The van der Waals surface area contributed by atoms with Crippen LogP contribution in [0.5, 0.6) is 0 Å². The van der Waals surface area contributed by atoms with Crippen molar-refractivity contribution in [1.29, 1.82) is 0 Å². The summed E-state index contributed by atoms with van der Waals surface area (Å²) in [6.07, 6.45) is 16.2. The van der Waals surface area contributed by atoms with Crippen molar-refractivity contribution >= 4 is 0 Å². The van der Waals surface area contributed by atoms with Gasteiger partial charge in [-0.25, -0.2) is 0 Å². The van der Waals surface area contributed by atoms with E-state index < -0.39 is 0 Å². The minimum atomic E-state index is 0.778. The van der Waals surface area contributed by atoms with Crippen molar-refractivity contribution in [2.24, 2.45) is 11.8 Å². The summed E-state index contributed by atoms with van der Waals surface area (Å²) in [5.74, 6) is 1.86. The lowest BCUT2D eigenvalue weighted by Gasteiger charge is -2.18. The van der Waals surface area contributed by atoms with Gasteiger partial charge in [-0.2, -0.15) is 0 Å². The molecular weight excluding hydrogens is 204 g/mol. The van der Waals surface area contributed by atoms with Crippen molar-refractivity contribution < 1.29 is 0 Å². The monoisotopic (exact) mass is 238 g/mol. The maximum Gasteiger partial charge on any atom is -0.0236 e. The van der Waals surface area contributed by atoms with Crippen LogP contribution in [-0.2, 0) is 0 Å². The van der Waals surface area contributed by atoms with Crippen LogP contribution in [0.1, 0.15) is 85.0 Å². The molecule has 0 unspecified atom stereocenters. The molecule has 0 aliphatic heterocycles. The summed E-state index contributed by atoms with van der Waals surface area (Å²) < 4.78 is 0. The van der Waals surface area contributed by atoms with Gasteiger partial charge < -0.3 is 0 Å². The average Bonchev–Trinajstić information content (AvgIpc) is 2.40. The highest BCUT2D eigenvalue weighted by Gasteiger charge is 2.09. The summed E-state index contributed by atoms with van der Waals surface area (Å²) in [6.45, 7) is 10.6. The summed E-state index contributed by atoms with van der Waals surface area (Å²) >= 11 is 0. The fourth-order valence-electron chi connectivity index (χ4n) is 2.72. The molecule has 0 atom stereocenters. The highest BCUT2D eigenvalue weighted by Crippen LogP contribution is 2.25. The molecule has 1 aliphatic rings. The Balaban J connectivity index is 0.000000302. The molecule has 0 aromatic rings. The molecule has 0 aromatic heterocycles. The van der Waals surface area contributed by atoms with Crippen molar-refractivity contribution in [1.82, 2.24) is 0 Å². The molecule has 1 saturated carbocycles. The Morgan fingerprint density at radius 2 is 1.53 bits per heavy atom. The predicted molar refractivity (Wildman–Crippen MR) is 80.4 cm³/mol. The molecule has 1 aliphatic carbocycles. The summed E-state index contributed by atoms with van der Waals surface area (Å²) in [5, 5.41) is 0. The van der Waals surface area contributed by atoms with Gasteiger partial charge in [0.15, 0.2) is 0 Å². The third kappa shape index (κ3) is 9.44. The Kier molecular flexibility index (Phi) is 12.0. The number of hydrogen-bond acceptors (Lipinski definition) is 0. The van der Waals surface area contributed by atoms with E-state index in [2.05, 4.69) is 33.4 Å². The van der Waals surface area contributed by atoms with Gasteiger partial charge in [0.05, 0.1) is 0 Å². The first-order chi connectivity index (χ1) is 8.28. The van der Waals surface area contributed by atoms with E-state index in [1.165, 1.54) is 64.2 Å². The molecule has 0 amide bonds. The molecule has 0 nitrogen and oxygen atoms in total. The Hall–Kier alpha value is -0.260. The molecule has 0 N–H and O–H groups in total. The lowest BCUT2D eigenvalue weighted by Crippen LogP contribution is -2.03. The third-order valence-electron chi connectivity index (χ3n) is 3.95. The zero-order chi connectivity index (χ0) is 12.9. The zero-order valence-corrected chi connectivity index (χ0v) is 12.5. The summed E-state index contributed by atoms with van der Waals surface area (Å²) in [4.78, 5) is 0. The van der Waals surface area contributed by atoms with Crippen LogP contribution >= 0.6 is 0 Å². The predicted octanol–water partition coefficient (Wildman–Crippen LogP) is 6.37. The summed E-state index contributed by atoms with van der Waals surface area (Å²) in [6, 6.07) is 0. The maximum absolute atomic E-state index is 3.80. The second-order valence-electron chi connectivity index (χ2n) is 5.49. The van der Waals surface area contributed by atoms with Gasteiger partial charge in [-0.3, -0.25) is 0 Å². The molecule has 1 fully saturated rings. The fraction of sp³-hybridized carbons (Fsp3) is 0.882. The second-order valence-corrected chi connectivity index (χ2v) is 5.49. The van der Waals surface area contributed by atoms with E-state index in [0.29, 0.717) is 0 Å². The van der Waals surface area contributed by atoms with E-state index in [9.17, 15) is 0 Å². The highest BCUT2D eigenvalue weighted by molar-refractivity contribution is 4.77. The molecule has 17 heavy (non-hydrogen) atoms. The number of hydrogen-bond donors (Lipinski definition) is 0. The fourth-order valence-corrected chi connectivity index (χ4v) is 2.72. The van der Waals surface area contributed by atoms with Crippen molar-refractivity contribution in [3.8, 4) is 0 Å². The molecular formula is C17H34. The number of rotatable bonds is 6. The van der Waals surface area contributed by atoms with Gasteiger partial charge >= 0.3 is 0 Å². The highest BCUT2D eigenvalue weighted by atomic mass is 14.2. The normalized spacial score (nSPS) is 16.5. The molecule has 102 valence electrons. The lowest BCUT2D eigenvalue weighted by atomic mass is 9.88. The van der Waals surface area contributed by atoms with Crippen LogP contribution in [0.3, 0.4) is 0 Å². The first-order valence-electron chi connectivity index (χ1n) is 7.90. The van der Waals surface area contributed by atoms with Gasteiger partial charge in [0.2, 0.25) is 0 Å². The summed E-state index contributed by atoms with van der Waals surface area (Å²) in [5.41, 5.74) is 0. The van der Waals surface area contributed by atoms with Crippen LogP contribution in [0.25, 0.3) is 0 Å². The number of allylic oxidation sites excluding steroid dienone is 1. The molecule has 0 saturated heterocycles. The first-order valence-corrected chi connectivity index (χ1v) is 7.90. The van der Waals surface area contributed by atoms with Gasteiger partial charge in [0.1, 0.15) is 0 Å². The molecule has 0 heterocycles. The van der Waals surface area contributed by atoms with Crippen LogP contribution in [0.4, 0.5) is 0 Å². The van der Waals surface area contributed by atoms with Crippen LogP contribution in [0.2, 0.25) is 0 Å². The van der Waals surface area contributed by atoms with Crippen molar-refractivity contribution in [2.75, 3.05) is 0 Å². The van der Waals surface area contributed by atoms with Crippen LogP contribution in [0, 0.1) is 11.8 Å². The molecule has 0 spiro atoms. The van der Waals surface area contributed by atoms with Crippen LogP contribution in [0.15, 0.2) is 12.7 Å². The molecule has 1 rings (SSSR count). The Bertz CT molecular complexity index is 147. The van der Waals surface area contributed by atoms with E-state index >= 15 is 0 Å². The topological polar surface area (TPSA) is 0 Å². The largest absolute Gasteiger partial charge is 0.103 e. The Morgan fingerprint density at radius 1 is 1.00 bits per heavy atom. The van der Waals surface area contributed by atoms with Crippen molar-refractivity contribution in [2.45, 2.75) is 85.0 Å². The average molecular weight is 238 g/mol. The van der Waals surface area contributed by atoms with Gasteiger partial charge in [-0.05, 0) is 24.7 Å². The zero-order valence-electron chi connectivity index (χ0n) is 12.5. The lowest BCUT2D eigenvalue weighted by molar-refractivity contribution is 0.349. The Labute approximate surface area is 110 Å². The van der Waals surface area contributed by atoms with E-state index in [1.54, 1.807) is 0 Å². The molecule has 0 heteroatoms. The minimum Gasteiger partial charge on any atom is -0.103 e. The van der Waals surface area contributed by atoms with Gasteiger partial charge in [-0.15, -0.1) is 6.58 Å². The van der Waals surface area contributed by atoms with Crippen LogP contribution < -0.4 is 0 Å². The van der Waals surface area contributed by atoms with E-state index in [1.807, 2.05) is 0 Å². The second kappa shape index (κ2) is 12.2. The van der Waals surface area contributed by atoms with Gasteiger partial charge in [-0.1, -0.05) is 78.2 Å². The molecule has 0 bridgehead atoms. The van der Waals surface area contributed by atoms with Crippen molar-refractivity contribution in [3.05, 3.63) is 12.7 Å². The van der Waals surface area contributed by atoms with Crippen molar-refractivity contribution in [3.63, 3.8) is 0 Å².